The molecule has 0 radical (unpaired) electrons. The Morgan fingerprint density at radius 2 is 1.96 bits per heavy atom. The monoisotopic (exact) mass is 386 g/mol. The van der Waals surface area contributed by atoms with Crippen molar-refractivity contribution in [1.29, 1.82) is 0 Å². The minimum atomic E-state index is -0.672. The molecule has 0 atom stereocenters. The highest BCUT2D eigenvalue weighted by Gasteiger charge is 2.21. The lowest BCUT2D eigenvalue weighted by atomic mass is 9.90. The maximum Gasteiger partial charge on any atom is 0.437 e. The molecule has 0 spiro atoms. The van der Waals surface area contributed by atoms with Crippen molar-refractivity contribution in [2.45, 2.75) is 26.3 Å². The standard InChI is InChI=1S/C20H22N2O6/c1-3-14-15(10-18-21-22(7-8-23)20(26)28-18)19(17(25)11-16(14)24)12-5-4-6-13(9-12)27-2/h4-6,9,11,23-25H,3,7-8,10H2,1-2H3. The number of aliphatic hydroxyl groups excluding tert-OH is 1. The molecule has 8 nitrogen and oxygen atoms in total. The van der Waals surface area contributed by atoms with Crippen LogP contribution in [0.1, 0.15) is 23.9 Å². The number of aliphatic hydroxyl groups is 1. The molecule has 0 saturated carbocycles. The van der Waals surface area contributed by atoms with Crippen LogP contribution in [0.2, 0.25) is 0 Å². The van der Waals surface area contributed by atoms with Crippen LogP contribution in [-0.2, 0) is 19.4 Å². The molecule has 3 rings (SSSR count). The largest absolute Gasteiger partial charge is 0.508 e. The second kappa shape index (κ2) is 8.18. The van der Waals surface area contributed by atoms with Crippen molar-refractivity contribution < 1.29 is 24.5 Å². The van der Waals surface area contributed by atoms with Crippen molar-refractivity contribution in [2.24, 2.45) is 0 Å². The summed E-state index contributed by atoms with van der Waals surface area (Å²) in [5.41, 5.74) is 2.42. The molecule has 0 aliphatic heterocycles. The van der Waals surface area contributed by atoms with Gasteiger partial charge in [0, 0.05) is 11.6 Å². The Morgan fingerprint density at radius 3 is 2.64 bits per heavy atom. The number of hydrogen-bond acceptors (Lipinski definition) is 7. The molecule has 0 amide bonds. The lowest BCUT2D eigenvalue weighted by Gasteiger charge is -2.17. The number of benzene rings is 2. The smallest absolute Gasteiger partial charge is 0.437 e. The maximum atomic E-state index is 11.9. The average molecular weight is 386 g/mol. The molecule has 1 heterocycles. The van der Waals surface area contributed by atoms with Gasteiger partial charge in [0.05, 0.1) is 26.7 Å². The number of phenolic OH excluding ortho intramolecular Hbond substituents is 2. The summed E-state index contributed by atoms with van der Waals surface area (Å²) in [6, 6.07) is 8.48. The van der Waals surface area contributed by atoms with Gasteiger partial charge in [-0.25, -0.2) is 4.79 Å². The highest BCUT2D eigenvalue weighted by Crippen LogP contribution is 2.41. The normalized spacial score (nSPS) is 11.0. The van der Waals surface area contributed by atoms with Gasteiger partial charge >= 0.3 is 5.76 Å². The Kier molecular flexibility index (Phi) is 5.70. The van der Waals surface area contributed by atoms with E-state index < -0.39 is 5.76 Å². The van der Waals surface area contributed by atoms with E-state index in [0.29, 0.717) is 34.4 Å². The number of rotatable bonds is 7. The number of aromatic nitrogens is 2. The molecule has 8 heteroatoms. The van der Waals surface area contributed by atoms with Crippen LogP contribution >= 0.6 is 0 Å². The van der Waals surface area contributed by atoms with Gasteiger partial charge < -0.3 is 24.5 Å². The number of hydrogen-bond donors (Lipinski definition) is 3. The Balaban J connectivity index is 2.17. The highest BCUT2D eigenvalue weighted by atomic mass is 16.5. The summed E-state index contributed by atoms with van der Waals surface area (Å²) in [5, 5.41) is 34.0. The first-order chi connectivity index (χ1) is 13.5. The number of nitrogens with zero attached hydrogens (tertiary/aromatic N) is 2. The van der Waals surface area contributed by atoms with Crippen molar-refractivity contribution in [1.82, 2.24) is 9.78 Å². The molecule has 148 valence electrons. The van der Waals surface area contributed by atoms with E-state index in [1.54, 1.807) is 25.3 Å². The molecule has 0 aliphatic carbocycles. The zero-order valence-electron chi connectivity index (χ0n) is 15.7. The van der Waals surface area contributed by atoms with Crippen LogP contribution in [0.5, 0.6) is 17.2 Å². The third-order valence-electron chi connectivity index (χ3n) is 4.50. The van der Waals surface area contributed by atoms with Crippen LogP contribution in [0, 0.1) is 0 Å². The first-order valence-corrected chi connectivity index (χ1v) is 8.87. The lowest BCUT2D eigenvalue weighted by molar-refractivity contribution is 0.264. The van der Waals surface area contributed by atoms with E-state index in [4.69, 9.17) is 14.3 Å². The number of methoxy groups -OCH3 is 1. The quantitative estimate of drug-likeness (QED) is 0.569. The van der Waals surface area contributed by atoms with E-state index in [9.17, 15) is 15.0 Å². The number of phenols is 2. The summed E-state index contributed by atoms with van der Waals surface area (Å²) in [6.45, 7) is 1.66. The molecule has 0 aliphatic rings. The molecular formula is C20H22N2O6. The van der Waals surface area contributed by atoms with Gasteiger partial charge in [-0.2, -0.15) is 4.68 Å². The fraction of sp³-hybridized carbons (Fsp3) is 0.300. The van der Waals surface area contributed by atoms with E-state index in [0.717, 1.165) is 4.68 Å². The van der Waals surface area contributed by atoms with Crippen molar-refractivity contribution >= 4 is 0 Å². The topological polar surface area (TPSA) is 118 Å². The summed E-state index contributed by atoms with van der Waals surface area (Å²) in [6.07, 6.45) is 0.589. The minimum absolute atomic E-state index is 0.0248. The molecule has 0 unspecified atom stereocenters. The van der Waals surface area contributed by atoms with Crippen molar-refractivity contribution in [3.8, 4) is 28.4 Å². The van der Waals surface area contributed by atoms with Crippen molar-refractivity contribution in [3.05, 3.63) is 57.9 Å². The van der Waals surface area contributed by atoms with E-state index in [2.05, 4.69) is 5.10 Å². The first kappa shape index (κ1) is 19.5. The maximum absolute atomic E-state index is 11.9. The van der Waals surface area contributed by atoms with E-state index in [1.165, 1.54) is 6.07 Å². The van der Waals surface area contributed by atoms with Gasteiger partial charge in [-0.15, -0.1) is 5.10 Å². The second-order valence-corrected chi connectivity index (χ2v) is 6.22. The van der Waals surface area contributed by atoms with Crippen molar-refractivity contribution in [3.63, 3.8) is 0 Å². The molecule has 2 aromatic carbocycles. The van der Waals surface area contributed by atoms with Gasteiger partial charge in [0.15, 0.2) is 0 Å². The summed E-state index contributed by atoms with van der Waals surface area (Å²) < 4.78 is 11.5. The van der Waals surface area contributed by atoms with E-state index in [-0.39, 0.29) is 37.0 Å². The van der Waals surface area contributed by atoms with Gasteiger partial charge in [0.1, 0.15) is 17.2 Å². The molecule has 0 bridgehead atoms. The molecular weight excluding hydrogens is 364 g/mol. The lowest BCUT2D eigenvalue weighted by Crippen LogP contribution is -2.17. The molecule has 1 aromatic heterocycles. The molecule has 0 fully saturated rings. The summed E-state index contributed by atoms with van der Waals surface area (Å²) in [7, 11) is 1.55. The fourth-order valence-electron chi connectivity index (χ4n) is 3.25. The second-order valence-electron chi connectivity index (χ2n) is 6.22. The van der Waals surface area contributed by atoms with Crippen LogP contribution in [0.25, 0.3) is 11.1 Å². The summed E-state index contributed by atoms with van der Waals surface area (Å²) >= 11 is 0. The molecule has 3 aromatic rings. The van der Waals surface area contributed by atoms with Gasteiger partial charge in [-0.3, -0.25) is 0 Å². The Labute approximate surface area is 161 Å². The SMILES string of the molecule is CCc1c(O)cc(O)c(-c2cccc(OC)c2)c1Cc1nn(CCO)c(=O)o1. The Bertz CT molecular complexity index is 1040. The summed E-state index contributed by atoms with van der Waals surface area (Å²) in [5.74, 6) is -0.0710. The fourth-order valence-corrected chi connectivity index (χ4v) is 3.25. The van der Waals surface area contributed by atoms with Crippen LogP contribution in [0.3, 0.4) is 0 Å². The minimum Gasteiger partial charge on any atom is -0.508 e. The number of ether oxygens (including phenoxy) is 1. The predicted molar refractivity (Wildman–Crippen MR) is 102 cm³/mol. The molecule has 28 heavy (non-hydrogen) atoms. The van der Waals surface area contributed by atoms with E-state index in [1.807, 2.05) is 13.0 Å². The zero-order chi connectivity index (χ0) is 20.3. The van der Waals surface area contributed by atoms with Gasteiger partial charge in [-0.1, -0.05) is 19.1 Å². The first-order valence-electron chi connectivity index (χ1n) is 8.87. The van der Waals surface area contributed by atoms with Crippen LogP contribution in [-0.4, -0.2) is 38.8 Å². The molecule has 3 N–H and O–H groups in total. The zero-order valence-corrected chi connectivity index (χ0v) is 15.7. The number of aromatic hydroxyl groups is 2. The highest BCUT2D eigenvalue weighted by molar-refractivity contribution is 5.78. The molecule has 0 saturated heterocycles. The van der Waals surface area contributed by atoms with Crippen LogP contribution in [0.15, 0.2) is 39.5 Å². The van der Waals surface area contributed by atoms with Crippen LogP contribution < -0.4 is 10.5 Å². The van der Waals surface area contributed by atoms with Gasteiger partial charge in [0.2, 0.25) is 5.89 Å². The Hall–Kier alpha value is -3.26. The van der Waals surface area contributed by atoms with Crippen molar-refractivity contribution in [2.75, 3.05) is 13.7 Å². The third kappa shape index (κ3) is 3.72. The third-order valence-corrected chi connectivity index (χ3v) is 4.50. The average Bonchev–Trinajstić information content (AvgIpc) is 3.01. The Morgan fingerprint density at radius 1 is 1.18 bits per heavy atom. The van der Waals surface area contributed by atoms with E-state index >= 15 is 0 Å². The van der Waals surface area contributed by atoms with Crippen LogP contribution in [0.4, 0.5) is 0 Å². The van der Waals surface area contributed by atoms with Gasteiger partial charge in [0.25, 0.3) is 0 Å². The predicted octanol–water partition coefficient (Wildman–Crippen LogP) is 2.07. The summed E-state index contributed by atoms with van der Waals surface area (Å²) in [4.78, 5) is 11.9. The van der Waals surface area contributed by atoms with Gasteiger partial charge in [-0.05, 0) is 35.2 Å².